The third kappa shape index (κ3) is 2.90. The maximum atomic E-state index is 6.71. The van der Waals surface area contributed by atoms with Gasteiger partial charge < -0.3 is 4.43 Å². The molecule has 1 aliphatic carbocycles. The molecule has 0 unspecified atom stereocenters. The molecule has 0 N–H and O–H groups in total. The van der Waals surface area contributed by atoms with E-state index in [1.807, 2.05) is 0 Å². The maximum absolute atomic E-state index is 6.71. The molecule has 0 spiro atoms. The molecule has 0 saturated carbocycles. The van der Waals surface area contributed by atoms with Crippen molar-refractivity contribution >= 4 is 8.32 Å². The second kappa shape index (κ2) is 6.09. The Hall–Kier alpha value is -0.503. The minimum atomic E-state index is -1.77. The molecule has 0 atom stereocenters. The predicted octanol–water partition coefficient (Wildman–Crippen LogP) is 5.80. The molecule has 0 aromatic rings. The van der Waals surface area contributed by atoms with E-state index in [9.17, 15) is 0 Å². The molecule has 0 radical (unpaired) electrons. The van der Waals surface area contributed by atoms with E-state index in [4.69, 9.17) is 4.43 Å². The Balaban J connectivity index is 3.09. The Morgan fingerprint density at radius 2 is 1.50 bits per heavy atom. The van der Waals surface area contributed by atoms with E-state index < -0.39 is 8.32 Å². The van der Waals surface area contributed by atoms with Crippen LogP contribution >= 0.6 is 0 Å². The van der Waals surface area contributed by atoms with Gasteiger partial charge in [0.15, 0.2) is 0 Å². The van der Waals surface area contributed by atoms with Gasteiger partial charge in [0, 0.05) is 0 Å². The van der Waals surface area contributed by atoms with E-state index in [1.165, 1.54) is 11.3 Å². The van der Waals surface area contributed by atoms with Crippen LogP contribution in [0.5, 0.6) is 0 Å². The number of allylic oxidation sites excluding steroid dienone is 3. The van der Waals surface area contributed by atoms with Crippen molar-refractivity contribution in [2.75, 3.05) is 0 Å². The van der Waals surface area contributed by atoms with Crippen LogP contribution in [0.1, 0.15) is 61.3 Å². The average Bonchev–Trinajstić information content (AvgIpc) is 2.26. The fourth-order valence-corrected chi connectivity index (χ4v) is 8.75. The van der Waals surface area contributed by atoms with E-state index in [-0.39, 0.29) is 0 Å². The Bertz CT molecular complexity index is 315. The van der Waals surface area contributed by atoms with Crippen molar-refractivity contribution in [2.45, 2.75) is 77.9 Å². The van der Waals surface area contributed by atoms with Gasteiger partial charge in [0.05, 0.1) is 0 Å². The molecular weight excluding hydrogens is 236 g/mol. The monoisotopic (exact) mass is 266 g/mol. The van der Waals surface area contributed by atoms with Crippen LogP contribution in [0.2, 0.25) is 16.6 Å². The highest BCUT2D eigenvalue weighted by molar-refractivity contribution is 6.77. The van der Waals surface area contributed by atoms with E-state index in [0.717, 1.165) is 12.8 Å². The summed E-state index contributed by atoms with van der Waals surface area (Å²) in [5.41, 5.74) is 3.37. The molecule has 0 heterocycles. The van der Waals surface area contributed by atoms with Crippen molar-refractivity contribution in [2.24, 2.45) is 0 Å². The second-order valence-corrected chi connectivity index (χ2v) is 11.9. The summed E-state index contributed by atoms with van der Waals surface area (Å²) in [5, 5.41) is 0. The Labute approximate surface area is 114 Å². The third-order valence-electron chi connectivity index (χ3n) is 4.37. The maximum Gasteiger partial charge on any atom is 0.258 e. The first-order valence-corrected chi connectivity index (χ1v) is 9.51. The first-order chi connectivity index (χ1) is 8.32. The van der Waals surface area contributed by atoms with Gasteiger partial charge in [0.25, 0.3) is 8.32 Å². The molecule has 0 amide bonds. The summed E-state index contributed by atoms with van der Waals surface area (Å²) in [4.78, 5) is 0. The van der Waals surface area contributed by atoms with Crippen LogP contribution in [-0.4, -0.2) is 8.32 Å². The minimum Gasteiger partial charge on any atom is -0.543 e. The van der Waals surface area contributed by atoms with Crippen molar-refractivity contribution in [1.82, 2.24) is 0 Å². The average molecular weight is 267 g/mol. The van der Waals surface area contributed by atoms with Gasteiger partial charge in [0.1, 0.15) is 5.76 Å². The highest BCUT2D eigenvalue weighted by atomic mass is 28.4. The summed E-state index contributed by atoms with van der Waals surface area (Å²) in [6.45, 7) is 16.3. The SMILES string of the molecule is CC1=C(O[Si](C(C)C)(C(C)C)C(C)C)C=CCC1. The third-order valence-corrected chi connectivity index (χ3v) is 10.4. The van der Waals surface area contributed by atoms with E-state index in [2.05, 4.69) is 60.6 Å². The van der Waals surface area contributed by atoms with Gasteiger partial charge in [-0.3, -0.25) is 0 Å². The molecule has 104 valence electrons. The molecule has 1 nitrogen and oxygen atoms in total. The van der Waals surface area contributed by atoms with E-state index in [1.54, 1.807) is 0 Å². The van der Waals surface area contributed by atoms with Gasteiger partial charge in [-0.1, -0.05) is 47.6 Å². The molecule has 18 heavy (non-hydrogen) atoms. The summed E-state index contributed by atoms with van der Waals surface area (Å²) in [6.07, 6.45) is 6.78. The van der Waals surface area contributed by atoms with Crippen LogP contribution in [0.3, 0.4) is 0 Å². The highest BCUT2D eigenvalue weighted by Crippen LogP contribution is 2.44. The molecule has 1 rings (SSSR count). The molecule has 0 bridgehead atoms. The van der Waals surface area contributed by atoms with Crippen LogP contribution in [0, 0.1) is 0 Å². The summed E-state index contributed by atoms with van der Waals surface area (Å²) in [7, 11) is -1.77. The van der Waals surface area contributed by atoms with E-state index in [0.29, 0.717) is 16.6 Å². The number of rotatable bonds is 5. The summed E-state index contributed by atoms with van der Waals surface area (Å²) in [6, 6.07) is 0. The first-order valence-electron chi connectivity index (χ1n) is 7.37. The van der Waals surface area contributed by atoms with Crippen molar-refractivity contribution in [1.29, 1.82) is 0 Å². The molecule has 0 fully saturated rings. The summed E-state index contributed by atoms with van der Waals surface area (Å²) in [5.74, 6) is 1.17. The molecule has 0 aromatic carbocycles. The largest absolute Gasteiger partial charge is 0.543 e. The smallest absolute Gasteiger partial charge is 0.258 e. The van der Waals surface area contributed by atoms with Gasteiger partial charge in [0.2, 0.25) is 0 Å². The lowest BCUT2D eigenvalue weighted by atomic mass is 10.1. The van der Waals surface area contributed by atoms with Crippen molar-refractivity contribution < 1.29 is 4.43 Å². The van der Waals surface area contributed by atoms with Gasteiger partial charge in [-0.05, 0) is 48.0 Å². The fraction of sp³-hybridized carbons (Fsp3) is 0.750. The molecule has 0 aromatic heterocycles. The van der Waals surface area contributed by atoms with Gasteiger partial charge in [-0.2, -0.15) is 0 Å². The molecule has 1 aliphatic rings. The quantitative estimate of drug-likeness (QED) is 0.571. The topological polar surface area (TPSA) is 9.23 Å². The molecule has 2 heteroatoms. The van der Waals surface area contributed by atoms with Gasteiger partial charge >= 0.3 is 0 Å². The van der Waals surface area contributed by atoms with Crippen LogP contribution in [0.4, 0.5) is 0 Å². The zero-order valence-electron chi connectivity index (χ0n) is 13.2. The van der Waals surface area contributed by atoms with Crippen LogP contribution in [-0.2, 0) is 4.43 Å². The second-order valence-electron chi connectivity index (χ2n) is 6.51. The molecule has 0 aliphatic heterocycles. The van der Waals surface area contributed by atoms with Crippen molar-refractivity contribution in [3.05, 3.63) is 23.5 Å². The predicted molar refractivity (Wildman–Crippen MR) is 83.2 cm³/mol. The van der Waals surface area contributed by atoms with Crippen molar-refractivity contribution in [3.8, 4) is 0 Å². The lowest BCUT2D eigenvalue weighted by Crippen LogP contribution is -2.47. The summed E-state index contributed by atoms with van der Waals surface area (Å²) >= 11 is 0. The van der Waals surface area contributed by atoms with Crippen LogP contribution in [0.15, 0.2) is 23.5 Å². The summed E-state index contributed by atoms with van der Waals surface area (Å²) < 4.78 is 6.71. The Morgan fingerprint density at radius 1 is 1.00 bits per heavy atom. The van der Waals surface area contributed by atoms with Gasteiger partial charge in [-0.15, -0.1) is 0 Å². The van der Waals surface area contributed by atoms with Gasteiger partial charge in [-0.25, -0.2) is 0 Å². The number of hydrogen-bond acceptors (Lipinski definition) is 1. The number of hydrogen-bond donors (Lipinski definition) is 0. The lowest BCUT2D eigenvalue weighted by molar-refractivity contribution is 0.378. The van der Waals surface area contributed by atoms with Crippen LogP contribution < -0.4 is 0 Å². The first kappa shape index (κ1) is 15.6. The zero-order valence-corrected chi connectivity index (χ0v) is 14.2. The standard InChI is InChI=1S/C16H30OSi/c1-12(2)18(13(3)4,14(5)6)17-16-11-9-8-10-15(16)7/h9,11-14H,8,10H2,1-7H3. The normalized spacial score (nSPS) is 17.2. The molecule has 0 saturated heterocycles. The Morgan fingerprint density at radius 3 is 1.89 bits per heavy atom. The lowest BCUT2D eigenvalue weighted by Gasteiger charge is -2.43. The molecular formula is C16H30OSi. The minimum absolute atomic E-state index is 0.646. The Kier molecular flexibility index (Phi) is 5.27. The van der Waals surface area contributed by atoms with Crippen molar-refractivity contribution in [3.63, 3.8) is 0 Å². The zero-order chi connectivity index (χ0) is 13.9. The fourth-order valence-electron chi connectivity index (χ4n) is 3.42. The van der Waals surface area contributed by atoms with E-state index >= 15 is 0 Å². The highest BCUT2D eigenvalue weighted by Gasteiger charge is 2.47. The van der Waals surface area contributed by atoms with Crippen LogP contribution in [0.25, 0.3) is 0 Å².